The van der Waals surface area contributed by atoms with E-state index in [9.17, 15) is 4.79 Å². The van der Waals surface area contributed by atoms with Gasteiger partial charge in [-0.1, -0.05) is 35.3 Å². The standard InChI is InChI=1S/C22H21Cl2N5OS/c1-13-25-17-8-7-14(11-18(17)29(13)10-9-28(2)3)12-19-21(30)27-22(31-19)26-20-15(23)5-4-6-16(20)24/h4-8,11-12H,9-10H2,1-3H3,(H,26,27,30)/b19-12+. The third-order valence-corrected chi connectivity index (χ3v) is 6.35. The van der Waals surface area contributed by atoms with Crippen LogP contribution in [0.5, 0.6) is 0 Å². The minimum atomic E-state index is -0.204. The smallest absolute Gasteiger partial charge is 0.264 e. The number of benzene rings is 2. The molecule has 0 aliphatic carbocycles. The van der Waals surface area contributed by atoms with Gasteiger partial charge in [0.25, 0.3) is 5.91 Å². The van der Waals surface area contributed by atoms with Gasteiger partial charge in [-0.25, -0.2) is 9.98 Å². The fraction of sp³-hybridized carbons (Fsp3) is 0.227. The Morgan fingerprint density at radius 2 is 1.97 bits per heavy atom. The second-order valence-corrected chi connectivity index (χ2v) is 9.26. The number of aromatic nitrogens is 2. The maximum absolute atomic E-state index is 12.5. The van der Waals surface area contributed by atoms with Gasteiger partial charge >= 0.3 is 0 Å². The molecule has 1 saturated heterocycles. The Morgan fingerprint density at radius 3 is 2.68 bits per heavy atom. The Bertz CT molecular complexity index is 1210. The van der Waals surface area contributed by atoms with Crippen LogP contribution >= 0.6 is 35.0 Å². The van der Waals surface area contributed by atoms with Crippen molar-refractivity contribution < 1.29 is 4.79 Å². The zero-order valence-electron chi connectivity index (χ0n) is 17.3. The number of hydrogen-bond donors (Lipinski definition) is 1. The normalized spacial score (nSPS) is 16.8. The summed E-state index contributed by atoms with van der Waals surface area (Å²) in [6.07, 6.45) is 1.86. The Labute approximate surface area is 194 Å². The summed E-state index contributed by atoms with van der Waals surface area (Å²) in [7, 11) is 4.10. The fourth-order valence-electron chi connectivity index (χ4n) is 3.26. The molecule has 0 bridgehead atoms. The van der Waals surface area contributed by atoms with Crippen LogP contribution in [-0.2, 0) is 11.3 Å². The van der Waals surface area contributed by atoms with E-state index in [1.165, 1.54) is 11.8 Å². The van der Waals surface area contributed by atoms with Crippen molar-refractivity contribution in [1.82, 2.24) is 19.8 Å². The molecule has 3 aromatic rings. The van der Waals surface area contributed by atoms with Gasteiger partial charge in [0.05, 0.1) is 26.0 Å². The number of amidine groups is 1. The monoisotopic (exact) mass is 473 g/mol. The first-order valence-corrected chi connectivity index (χ1v) is 11.2. The molecule has 2 heterocycles. The van der Waals surface area contributed by atoms with Crippen molar-refractivity contribution >= 4 is 68.8 Å². The number of hydrogen-bond acceptors (Lipinski definition) is 5. The van der Waals surface area contributed by atoms with Crippen LogP contribution in [0.2, 0.25) is 10.0 Å². The SMILES string of the molecule is Cc1nc2ccc(/C=C3/SC(=Nc4c(Cl)cccc4Cl)NC3=O)cc2n1CCN(C)C. The summed E-state index contributed by atoms with van der Waals surface area (Å²) in [5.41, 5.74) is 3.36. The molecule has 160 valence electrons. The lowest BCUT2D eigenvalue weighted by Crippen LogP contribution is -2.19. The number of nitrogens with zero attached hydrogens (tertiary/aromatic N) is 4. The number of aliphatic imine (C=N–C) groups is 1. The van der Waals surface area contributed by atoms with Crippen LogP contribution < -0.4 is 5.32 Å². The highest BCUT2D eigenvalue weighted by molar-refractivity contribution is 8.18. The third-order valence-electron chi connectivity index (χ3n) is 4.83. The van der Waals surface area contributed by atoms with Crippen molar-refractivity contribution in [2.75, 3.05) is 20.6 Å². The molecule has 0 atom stereocenters. The predicted molar refractivity (Wildman–Crippen MR) is 130 cm³/mol. The number of imidazole rings is 1. The number of amides is 1. The van der Waals surface area contributed by atoms with Crippen LogP contribution in [0.1, 0.15) is 11.4 Å². The summed E-state index contributed by atoms with van der Waals surface area (Å²) < 4.78 is 2.20. The fourth-order valence-corrected chi connectivity index (χ4v) is 4.57. The van der Waals surface area contributed by atoms with Gasteiger partial charge in [-0.15, -0.1) is 0 Å². The molecular weight excluding hydrogens is 453 g/mol. The van der Waals surface area contributed by atoms with Crippen molar-refractivity contribution in [2.24, 2.45) is 4.99 Å². The molecule has 31 heavy (non-hydrogen) atoms. The number of rotatable bonds is 5. The quantitative estimate of drug-likeness (QED) is 0.523. The third kappa shape index (κ3) is 4.80. The first kappa shape index (κ1) is 21.9. The van der Waals surface area contributed by atoms with E-state index in [1.54, 1.807) is 18.2 Å². The zero-order valence-corrected chi connectivity index (χ0v) is 19.6. The average Bonchev–Trinajstić information content (AvgIpc) is 3.21. The molecule has 0 unspecified atom stereocenters. The predicted octanol–water partition coefficient (Wildman–Crippen LogP) is 5.10. The molecule has 1 aliphatic rings. The number of likely N-dealkylation sites (N-methyl/N-ethyl adjacent to an activating group) is 1. The highest BCUT2D eigenvalue weighted by Gasteiger charge is 2.24. The molecular formula is C22H21Cl2N5OS. The molecule has 1 N–H and O–H groups in total. The molecule has 4 rings (SSSR count). The largest absolute Gasteiger partial charge is 0.327 e. The number of para-hydroxylation sites is 1. The van der Waals surface area contributed by atoms with Crippen LogP contribution in [-0.4, -0.2) is 46.2 Å². The van der Waals surface area contributed by atoms with Gasteiger partial charge in [0.15, 0.2) is 5.17 Å². The van der Waals surface area contributed by atoms with Crippen LogP contribution in [0.15, 0.2) is 46.3 Å². The van der Waals surface area contributed by atoms with E-state index < -0.39 is 0 Å². The second kappa shape index (κ2) is 9.04. The molecule has 0 spiro atoms. The lowest BCUT2D eigenvalue weighted by atomic mass is 10.2. The first-order valence-electron chi connectivity index (χ1n) is 9.67. The molecule has 1 fully saturated rings. The summed E-state index contributed by atoms with van der Waals surface area (Å²) in [5, 5.41) is 4.08. The van der Waals surface area contributed by atoms with E-state index in [4.69, 9.17) is 23.2 Å². The highest BCUT2D eigenvalue weighted by Crippen LogP contribution is 2.35. The molecule has 6 nitrogen and oxygen atoms in total. The Balaban J connectivity index is 1.63. The van der Waals surface area contributed by atoms with Crippen molar-refractivity contribution in [3.05, 3.63) is 62.7 Å². The maximum Gasteiger partial charge on any atom is 0.264 e. The van der Waals surface area contributed by atoms with Gasteiger partial charge in [0.2, 0.25) is 0 Å². The van der Waals surface area contributed by atoms with Crippen LogP contribution in [0, 0.1) is 6.92 Å². The van der Waals surface area contributed by atoms with E-state index in [-0.39, 0.29) is 5.91 Å². The molecule has 0 saturated carbocycles. The molecule has 9 heteroatoms. The second-order valence-electron chi connectivity index (χ2n) is 7.41. The molecule has 1 amide bonds. The summed E-state index contributed by atoms with van der Waals surface area (Å²) >= 11 is 13.6. The maximum atomic E-state index is 12.5. The van der Waals surface area contributed by atoms with Crippen LogP contribution in [0.25, 0.3) is 17.1 Å². The Hall–Kier alpha value is -2.32. The number of aryl methyl sites for hydroxylation is 1. The Morgan fingerprint density at radius 1 is 1.23 bits per heavy atom. The van der Waals surface area contributed by atoms with Gasteiger partial charge in [-0.3, -0.25) is 4.79 Å². The van der Waals surface area contributed by atoms with Crippen LogP contribution in [0.3, 0.4) is 0 Å². The molecule has 0 radical (unpaired) electrons. The summed E-state index contributed by atoms with van der Waals surface area (Å²) in [4.78, 5) is 24.3. The zero-order chi connectivity index (χ0) is 22.1. The van der Waals surface area contributed by atoms with E-state index in [0.717, 1.165) is 35.5 Å². The van der Waals surface area contributed by atoms with Gasteiger partial charge < -0.3 is 14.8 Å². The summed E-state index contributed by atoms with van der Waals surface area (Å²) in [5.74, 6) is 0.769. The summed E-state index contributed by atoms with van der Waals surface area (Å²) in [6.45, 7) is 3.77. The van der Waals surface area contributed by atoms with Crippen LogP contribution in [0.4, 0.5) is 5.69 Å². The number of thioether (sulfide) groups is 1. The van der Waals surface area contributed by atoms with Gasteiger partial charge in [-0.05, 0) is 68.7 Å². The number of carbonyl (C=O) groups excluding carboxylic acids is 1. The highest BCUT2D eigenvalue weighted by atomic mass is 35.5. The summed E-state index contributed by atoms with van der Waals surface area (Å²) in [6, 6.07) is 11.2. The minimum absolute atomic E-state index is 0.204. The van der Waals surface area contributed by atoms with Gasteiger partial charge in [-0.2, -0.15) is 0 Å². The van der Waals surface area contributed by atoms with Gasteiger partial charge in [0.1, 0.15) is 11.5 Å². The van der Waals surface area contributed by atoms with Crippen molar-refractivity contribution in [3.63, 3.8) is 0 Å². The van der Waals surface area contributed by atoms with E-state index in [2.05, 4.69) is 44.9 Å². The number of halogens is 2. The van der Waals surface area contributed by atoms with E-state index in [1.807, 2.05) is 25.1 Å². The molecule has 1 aliphatic heterocycles. The lowest BCUT2D eigenvalue weighted by Gasteiger charge is -2.12. The topological polar surface area (TPSA) is 62.5 Å². The Kier molecular flexibility index (Phi) is 6.39. The van der Waals surface area contributed by atoms with Crippen molar-refractivity contribution in [1.29, 1.82) is 0 Å². The molecule has 2 aromatic carbocycles. The minimum Gasteiger partial charge on any atom is -0.327 e. The first-order chi connectivity index (χ1) is 14.8. The number of nitrogens with one attached hydrogen (secondary N) is 1. The average molecular weight is 474 g/mol. The number of fused-ring (bicyclic) bond motifs is 1. The van der Waals surface area contributed by atoms with Crippen molar-refractivity contribution in [3.8, 4) is 0 Å². The van der Waals surface area contributed by atoms with E-state index in [0.29, 0.717) is 25.8 Å². The van der Waals surface area contributed by atoms with Crippen molar-refractivity contribution in [2.45, 2.75) is 13.5 Å². The van der Waals surface area contributed by atoms with E-state index >= 15 is 0 Å². The number of carbonyl (C=O) groups is 1. The molecule has 1 aromatic heterocycles. The lowest BCUT2D eigenvalue weighted by molar-refractivity contribution is -0.115. The van der Waals surface area contributed by atoms with Gasteiger partial charge in [0, 0.05) is 13.1 Å².